The zero-order valence-corrected chi connectivity index (χ0v) is 9.09. The summed E-state index contributed by atoms with van der Waals surface area (Å²) in [5.41, 5.74) is 0. The molecule has 0 aromatic carbocycles. The van der Waals surface area contributed by atoms with Crippen LogP contribution in [-0.2, 0) is 13.1 Å². The first-order valence-electron chi connectivity index (χ1n) is 5.17. The first kappa shape index (κ1) is 13.0. The second-order valence-electron chi connectivity index (χ2n) is 3.44. The minimum Gasteiger partial charge on any atom is -0.310 e. The minimum atomic E-state index is -4.11. The van der Waals surface area contributed by atoms with Gasteiger partial charge in [0, 0.05) is 13.1 Å². The molecule has 4 nitrogen and oxygen atoms in total. The van der Waals surface area contributed by atoms with Crippen molar-refractivity contribution in [2.45, 2.75) is 39.0 Å². The number of halogens is 3. The molecule has 0 saturated carbocycles. The topological polar surface area (TPSA) is 42.7 Å². The van der Waals surface area contributed by atoms with Gasteiger partial charge in [-0.05, 0) is 6.42 Å². The van der Waals surface area contributed by atoms with Crippen molar-refractivity contribution in [2.24, 2.45) is 0 Å². The van der Waals surface area contributed by atoms with Crippen molar-refractivity contribution in [1.82, 2.24) is 20.1 Å². The van der Waals surface area contributed by atoms with Gasteiger partial charge in [0.15, 0.2) is 0 Å². The van der Waals surface area contributed by atoms with E-state index in [1.807, 2.05) is 6.92 Å². The lowest BCUT2D eigenvalue weighted by Crippen LogP contribution is -2.23. The molecule has 0 atom stereocenters. The lowest BCUT2D eigenvalue weighted by atomic mass is 10.4. The average molecular weight is 236 g/mol. The third-order valence-electron chi connectivity index (χ3n) is 2.00. The highest BCUT2D eigenvalue weighted by Gasteiger charge is 2.25. The van der Waals surface area contributed by atoms with Gasteiger partial charge in [-0.2, -0.15) is 18.3 Å². The Morgan fingerprint density at radius 1 is 1.44 bits per heavy atom. The summed E-state index contributed by atoms with van der Waals surface area (Å²) in [7, 11) is 0. The summed E-state index contributed by atoms with van der Waals surface area (Å²) in [6.45, 7) is 2.96. The fraction of sp³-hybridized carbons (Fsp3) is 0.778. The number of alkyl halides is 3. The molecule has 92 valence electrons. The Hall–Kier alpha value is -1.11. The molecule has 0 spiro atoms. The van der Waals surface area contributed by atoms with Crippen LogP contribution in [0.2, 0.25) is 0 Å². The normalized spacial score (nSPS) is 12.0. The molecule has 16 heavy (non-hydrogen) atoms. The number of aryl methyl sites for hydroxylation is 1. The zero-order valence-electron chi connectivity index (χ0n) is 9.09. The molecule has 1 heterocycles. The van der Waals surface area contributed by atoms with Gasteiger partial charge in [0.25, 0.3) is 0 Å². The summed E-state index contributed by atoms with van der Waals surface area (Å²) in [4.78, 5) is 3.98. The SMILES string of the molecule is CCCn1ncnc1CNCCC(F)(F)F. The number of nitrogens with one attached hydrogen (secondary N) is 1. The summed E-state index contributed by atoms with van der Waals surface area (Å²) in [6, 6.07) is 0. The standard InChI is InChI=1S/C9H15F3N4/c1-2-5-16-8(14-7-15-16)6-13-4-3-9(10,11)12/h7,13H,2-6H2,1H3. The van der Waals surface area contributed by atoms with Crippen molar-refractivity contribution in [2.75, 3.05) is 6.54 Å². The molecule has 0 radical (unpaired) electrons. The first-order valence-corrected chi connectivity index (χ1v) is 5.17. The molecule has 7 heteroatoms. The number of rotatable bonds is 6. The maximum absolute atomic E-state index is 11.8. The maximum atomic E-state index is 11.8. The third kappa shape index (κ3) is 4.61. The molecule has 0 aliphatic heterocycles. The molecule has 0 unspecified atom stereocenters. The predicted molar refractivity (Wildman–Crippen MR) is 52.7 cm³/mol. The van der Waals surface area contributed by atoms with Gasteiger partial charge in [-0.3, -0.25) is 0 Å². The highest BCUT2D eigenvalue weighted by molar-refractivity contribution is 4.83. The lowest BCUT2D eigenvalue weighted by Gasteiger charge is -2.08. The molecule has 0 amide bonds. The van der Waals surface area contributed by atoms with Crippen molar-refractivity contribution in [3.05, 3.63) is 12.2 Å². The average Bonchev–Trinajstić information content (AvgIpc) is 2.60. The van der Waals surface area contributed by atoms with Gasteiger partial charge < -0.3 is 5.32 Å². The van der Waals surface area contributed by atoms with Crippen LogP contribution in [0, 0.1) is 0 Å². The second-order valence-corrected chi connectivity index (χ2v) is 3.44. The predicted octanol–water partition coefficient (Wildman–Crippen LogP) is 1.73. The van der Waals surface area contributed by atoms with Crippen LogP contribution >= 0.6 is 0 Å². The molecule has 0 saturated heterocycles. The molecule has 1 N–H and O–H groups in total. The Labute approximate surface area is 91.9 Å². The Kier molecular flexibility index (Phi) is 4.72. The Morgan fingerprint density at radius 3 is 2.81 bits per heavy atom. The molecular weight excluding hydrogens is 221 g/mol. The van der Waals surface area contributed by atoms with Gasteiger partial charge in [-0.1, -0.05) is 6.92 Å². The Bertz CT molecular complexity index is 308. The lowest BCUT2D eigenvalue weighted by molar-refractivity contribution is -0.133. The summed E-state index contributed by atoms with van der Waals surface area (Å²) in [5.74, 6) is 0.670. The molecule has 0 aliphatic carbocycles. The Balaban J connectivity index is 2.29. The number of aromatic nitrogens is 3. The van der Waals surface area contributed by atoms with E-state index in [-0.39, 0.29) is 6.54 Å². The molecular formula is C9H15F3N4. The minimum absolute atomic E-state index is 0.0948. The smallest absolute Gasteiger partial charge is 0.310 e. The quantitative estimate of drug-likeness (QED) is 0.765. The van der Waals surface area contributed by atoms with Crippen LogP contribution < -0.4 is 5.32 Å². The first-order chi connectivity index (χ1) is 7.53. The number of hydrogen-bond acceptors (Lipinski definition) is 3. The van der Waals surface area contributed by atoms with E-state index in [0.717, 1.165) is 13.0 Å². The molecule has 0 fully saturated rings. The zero-order chi connectivity index (χ0) is 12.0. The van der Waals surface area contributed by atoms with Gasteiger partial charge >= 0.3 is 6.18 Å². The van der Waals surface area contributed by atoms with Gasteiger partial charge in [-0.15, -0.1) is 0 Å². The van der Waals surface area contributed by atoms with E-state index in [4.69, 9.17) is 0 Å². The number of nitrogens with zero attached hydrogens (tertiary/aromatic N) is 3. The van der Waals surface area contributed by atoms with Crippen LogP contribution in [0.1, 0.15) is 25.6 Å². The molecule has 0 aliphatic rings. The van der Waals surface area contributed by atoms with E-state index in [1.54, 1.807) is 4.68 Å². The fourth-order valence-electron chi connectivity index (χ4n) is 1.25. The van der Waals surface area contributed by atoms with Crippen LogP contribution in [0.4, 0.5) is 13.2 Å². The molecule has 1 rings (SSSR count). The van der Waals surface area contributed by atoms with E-state index in [9.17, 15) is 13.2 Å². The molecule has 1 aromatic heterocycles. The third-order valence-corrected chi connectivity index (χ3v) is 2.00. The fourth-order valence-corrected chi connectivity index (χ4v) is 1.25. The van der Waals surface area contributed by atoms with Crippen molar-refractivity contribution >= 4 is 0 Å². The van der Waals surface area contributed by atoms with Crippen LogP contribution in [-0.4, -0.2) is 27.5 Å². The van der Waals surface area contributed by atoms with E-state index in [0.29, 0.717) is 12.4 Å². The summed E-state index contributed by atoms with van der Waals surface area (Å²) in [6.07, 6.45) is -2.60. The summed E-state index contributed by atoms with van der Waals surface area (Å²) < 4.78 is 37.2. The van der Waals surface area contributed by atoms with E-state index in [2.05, 4.69) is 15.4 Å². The van der Waals surface area contributed by atoms with Crippen molar-refractivity contribution in [3.63, 3.8) is 0 Å². The summed E-state index contributed by atoms with van der Waals surface area (Å²) >= 11 is 0. The van der Waals surface area contributed by atoms with Gasteiger partial charge in [0.05, 0.1) is 13.0 Å². The highest BCUT2D eigenvalue weighted by Crippen LogP contribution is 2.18. The monoisotopic (exact) mass is 236 g/mol. The van der Waals surface area contributed by atoms with Crippen LogP contribution in [0.5, 0.6) is 0 Å². The van der Waals surface area contributed by atoms with E-state index < -0.39 is 12.6 Å². The van der Waals surface area contributed by atoms with Crippen molar-refractivity contribution in [1.29, 1.82) is 0 Å². The van der Waals surface area contributed by atoms with Crippen molar-refractivity contribution < 1.29 is 13.2 Å². The van der Waals surface area contributed by atoms with Crippen LogP contribution in [0.25, 0.3) is 0 Å². The number of hydrogen-bond donors (Lipinski definition) is 1. The van der Waals surface area contributed by atoms with Gasteiger partial charge in [0.2, 0.25) is 0 Å². The van der Waals surface area contributed by atoms with E-state index >= 15 is 0 Å². The van der Waals surface area contributed by atoms with Gasteiger partial charge in [0.1, 0.15) is 12.2 Å². The maximum Gasteiger partial charge on any atom is 0.390 e. The van der Waals surface area contributed by atoms with Gasteiger partial charge in [-0.25, -0.2) is 9.67 Å². The molecule has 0 bridgehead atoms. The Morgan fingerprint density at radius 2 is 2.19 bits per heavy atom. The van der Waals surface area contributed by atoms with E-state index in [1.165, 1.54) is 6.33 Å². The van der Waals surface area contributed by atoms with Crippen molar-refractivity contribution in [3.8, 4) is 0 Å². The van der Waals surface area contributed by atoms with Crippen LogP contribution in [0.15, 0.2) is 6.33 Å². The largest absolute Gasteiger partial charge is 0.390 e. The molecule has 1 aromatic rings. The summed E-state index contributed by atoms with van der Waals surface area (Å²) in [5, 5.41) is 6.68. The van der Waals surface area contributed by atoms with Crippen LogP contribution in [0.3, 0.4) is 0 Å². The second kappa shape index (κ2) is 5.83. The highest BCUT2D eigenvalue weighted by atomic mass is 19.4.